The number of amides is 3. The zero-order valence-corrected chi connectivity index (χ0v) is 15.7. The van der Waals surface area contributed by atoms with Crippen LogP contribution >= 0.6 is 0 Å². The van der Waals surface area contributed by atoms with Gasteiger partial charge in [-0.15, -0.1) is 0 Å². The molecular formula is C22H21FN4O2. The molecule has 7 heteroatoms. The molecule has 6 nitrogen and oxygen atoms in total. The number of aromatic nitrogens is 1. The first-order valence-electron chi connectivity index (χ1n) is 9.16. The number of anilines is 1. The summed E-state index contributed by atoms with van der Waals surface area (Å²) < 4.78 is 12.9. The molecule has 3 N–H and O–H groups in total. The summed E-state index contributed by atoms with van der Waals surface area (Å²) in [7, 11) is 0. The van der Waals surface area contributed by atoms with Crippen LogP contribution in [0.3, 0.4) is 0 Å². The number of urea groups is 1. The lowest BCUT2D eigenvalue weighted by atomic mass is 10.1. The first-order valence-corrected chi connectivity index (χ1v) is 9.16. The normalized spacial score (nSPS) is 10.2. The van der Waals surface area contributed by atoms with E-state index >= 15 is 0 Å². The Kier molecular flexibility index (Phi) is 6.89. The van der Waals surface area contributed by atoms with Crippen LogP contribution in [0.1, 0.15) is 21.5 Å². The molecule has 0 fully saturated rings. The van der Waals surface area contributed by atoms with Crippen molar-refractivity contribution in [1.29, 1.82) is 0 Å². The second kappa shape index (κ2) is 9.98. The molecule has 3 amide bonds. The molecule has 29 heavy (non-hydrogen) atoms. The van der Waals surface area contributed by atoms with E-state index in [4.69, 9.17) is 0 Å². The van der Waals surface area contributed by atoms with E-state index in [1.807, 2.05) is 12.1 Å². The number of carbonyl (C=O) groups is 2. The third kappa shape index (κ3) is 6.42. The Morgan fingerprint density at radius 3 is 2.21 bits per heavy atom. The number of halogens is 1. The predicted octanol–water partition coefficient (Wildman–Crippen LogP) is 3.51. The van der Waals surface area contributed by atoms with Crippen LogP contribution in [0, 0.1) is 5.82 Å². The topological polar surface area (TPSA) is 83.1 Å². The molecule has 0 aliphatic carbocycles. The number of nitrogens with zero attached hydrogens (tertiary/aromatic N) is 1. The minimum atomic E-state index is -0.335. The van der Waals surface area contributed by atoms with Crippen LogP contribution in [0.15, 0.2) is 73.1 Å². The first kappa shape index (κ1) is 20.0. The van der Waals surface area contributed by atoms with Crippen LogP contribution in [0.5, 0.6) is 0 Å². The minimum absolute atomic E-state index is 0.208. The molecule has 3 aromatic rings. The molecule has 1 aromatic heterocycles. The number of pyridine rings is 1. The highest BCUT2D eigenvalue weighted by molar-refractivity contribution is 5.95. The molecule has 0 atom stereocenters. The van der Waals surface area contributed by atoms with Gasteiger partial charge in [0.2, 0.25) is 0 Å². The molecule has 0 aliphatic rings. The number of benzene rings is 2. The van der Waals surface area contributed by atoms with E-state index in [9.17, 15) is 14.0 Å². The average Bonchev–Trinajstić information content (AvgIpc) is 2.75. The average molecular weight is 392 g/mol. The van der Waals surface area contributed by atoms with E-state index in [-0.39, 0.29) is 17.8 Å². The standard InChI is InChI=1S/C22H21FN4O2/c23-19-5-1-16(2-6-19)11-14-25-21(28)18-3-7-20(8-4-18)27-22(29)26-15-17-9-12-24-13-10-17/h1-10,12-13H,11,14-15H2,(H,25,28)(H2,26,27,29). The number of rotatable bonds is 7. The summed E-state index contributed by atoms with van der Waals surface area (Å²) in [5.74, 6) is -0.488. The van der Waals surface area contributed by atoms with Gasteiger partial charge in [0.25, 0.3) is 5.91 Å². The van der Waals surface area contributed by atoms with Gasteiger partial charge in [-0.3, -0.25) is 9.78 Å². The Labute approximate surface area is 168 Å². The second-order valence-corrected chi connectivity index (χ2v) is 6.37. The fourth-order valence-corrected chi connectivity index (χ4v) is 2.64. The van der Waals surface area contributed by atoms with Crippen LogP contribution in [-0.4, -0.2) is 23.5 Å². The third-order valence-electron chi connectivity index (χ3n) is 4.22. The smallest absolute Gasteiger partial charge is 0.319 e. The molecule has 0 bridgehead atoms. The molecule has 0 unspecified atom stereocenters. The third-order valence-corrected chi connectivity index (χ3v) is 4.22. The largest absolute Gasteiger partial charge is 0.352 e. The van der Waals surface area contributed by atoms with Gasteiger partial charge in [-0.2, -0.15) is 0 Å². The van der Waals surface area contributed by atoms with Gasteiger partial charge in [0.15, 0.2) is 0 Å². The van der Waals surface area contributed by atoms with Gasteiger partial charge in [0.05, 0.1) is 0 Å². The highest BCUT2D eigenvalue weighted by Crippen LogP contribution is 2.10. The molecule has 0 radical (unpaired) electrons. The first-order chi connectivity index (χ1) is 14.1. The molecule has 0 saturated carbocycles. The Balaban J connectivity index is 1.43. The second-order valence-electron chi connectivity index (χ2n) is 6.37. The van der Waals surface area contributed by atoms with Crippen LogP contribution in [0.25, 0.3) is 0 Å². The molecule has 0 saturated heterocycles. The lowest BCUT2D eigenvalue weighted by Crippen LogP contribution is -2.28. The Bertz CT molecular complexity index is 945. The van der Waals surface area contributed by atoms with Gasteiger partial charge in [-0.1, -0.05) is 12.1 Å². The van der Waals surface area contributed by atoms with Crippen molar-refractivity contribution in [2.24, 2.45) is 0 Å². The SMILES string of the molecule is O=C(NCc1ccncc1)Nc1ccc(C(=O)NCCc2ccc(F)cc2)cc1. The van der Waals surface area contributed by atoms with E-state index < -0.39 is 0 Å². The van der Waals surface area contributed by atoms with Gasteiger partial charge in [-0.25, -0.2) is 9.18 Å². The van der Waals surface area contributed by atoms with Crippen molar-refractivity contribution in [3.63, 3.8) is 0 Å². The number of hydrogen-bond acceptors (Lipinski definition) is 3. The van der Waals surface area contributed by atoms with Crippen LogP contribution < -0.4 is 16.0 Å². The van der Waals surface area contributed by atoms with E-state index in [0.29, 0.717) is 30.8 Å². The molecule has 0 spiro atoms. The van der Waals surface area contributed by atoms with Gasteiger partial charge in [-0.05, 0) is 66.1 Å². The van der Waals surface area contributed by atoms with E-state index in [0.717, 1.165) is 11.1 Å². The highest BCUT2D eigenvalue weighted by Gasteiger charge is 2.07. The van der Waals surface area contributed by atoms with Gasteiger partial charge < -0.3 is 16.0 Å². The van der Waals surface area contributed by atoms with Crippen molar-refractivity contribution in [3.8, 4) is 0 Å². The van der Waals surface area contributed by atoms with Crippen molar-refractivity contribution in [3.05, 3.63) is 95.6 Å². The van der Waals surface area contributed by atoms with Crippen LogP contribution in [-0.2, 0) is 13.0 Å². The van der Waals surface area contributed by atoms with Gasteiger partial charge >= 0.3 is 6.03 Å². The fraction of sp³-hybridized carbons (Fsp3) is 0.136. The summed E-state index contributed by atoms with van der Waals surface area (Å²) in [4.78, 5) is 28.1. The molecule has 1 heterocycles. The maximum atomic E-state index is 12.9. The summed E-state index contributed by atoms with van der Waals surface area (Å²) in [5.41, 5.74) is 2.97. The molecule has 148 valence electrons. The Morgan fingerprint density at radius 1 is 0.828 bits per heavy atom. The minimum Gasteiger partial charge on any atom is -0.352 e. The Hall–Kier alpha value is -3.74. The monoisotopic (exact) mass is 392 g/mol. The van der Waals surface area contributed by atoms with Gasteiger partial charge in [0.1, 0.15) is 5.82 Å². The molecule has 3 rings (SSSR count). The summed E-state index contributed by atoms with van der Waals surface area (Å²) in [6.07, 6.45) is 3.94. The summed E-state index contributed by atoms with van der Waals surface area (Å²) in [5, 5.41) is 8.29. The van der Waals surface area contributed by atoms with Crippen molar-refractivity contribution in [1.82, 2.24) is 15.6 Å². The van der Waals surface area contributed by atoms with E-state index in [1.54, 1.807) is 48.8 Å². The number of carbonyl (C=O) groups excluding carboxylic acids is 2. The van der Waals surface area contributed by atoms with Crippen molar-refractivity contribution in [2.45, 2.75) is 13.0 Å². The molecule has 0 aliphatic heterocycles. The van der Waals surface area contributed by atoms with Crippen molar-refractivity contribution < 1.29 is 14.0 Å². The lowest BCUT2D eigenvalue weighted by molar-refractivity contribution is 0.0954. The van der Waals surface area contributed by atoms with Crippen LogP contribution in [0.2, 0.25) is 0 Å². The molecular weight excluding hydrogens is 371 g/mol. The summed E-state index contributed by atoms with van der Waals surface area (Å²) in [6, 6.07) is 16.1. The summed E-state index contributed by atoms with van der Waals surface area (Å²) >= 11 is 0. The molecule has 2 aromatic carbocycles. The van der Waals surface area contributed by atoms with Crippen molar-refractivity contribution >= 4 is 17.6 Å². The predicted molar refractivity (Wildman–Crippen MR) is 109 cm³/mol. The van der Waals surface area contributed by atoms with E-state index in [2.05, 4.69) is 20.9 Å². The van der Waals surface area contributed by atoms with Crippen LogP contribution in [0.4, 0.5) is 14.9 Å². The summed E-state index contributed by atoms with van der Waals surface area (Å²) in [6.45, 7) is 0.838. The maximum absolute atomic E-state index is 12.9. The zero-order chi connectivity index (χ0) is 20.5. The van der Waals surface area contributed by atoms with Gasteiger partial charge in [0, 0.05) is 36.7 Å². The van der Waals surface area contributed by atoms with E-state index in [1.165, 1.54) is 12.1 Å². The lowest BCUT2D eigenvalue weighted by Gasteiger charge is -2.09. The maximum Gasteiger partial charge on any atom is 0.319 e. The number of hydrogen-bond donors (Lipinski definition) is 3. The Morgan fingerprint density at radius 2 is 1.52 bits per heavy atom. The fourth-order valence-electron chi connectivity index (χ4n) is 2.64. The van der Waals surface area contributed by atoms with Crippen molar-refractivity contribution in [2.75, 3.05) is 11.9 Å². The number of nitrogens with one attached hydrogen (secondary N) is 3. The highest BCUT2D eigenvalue weighted by atomic mass is 19.1. The quantitative estimate of drug-likeness (QED) is 0.575. The zero-order valence-electron chi connectivity index (χ0n) is 15.7.